The predicted molar refractivity (Wildman–Crippen MR) is 91.3 cm³/mol. The number of thioether (sulfide) groups is 1. The maximum absolute atomic E-state index is 13.3. The fourth-order valence-corrected chi connectivity index (χ4v) is 4.38. The molecular formula is C17H23FN2O2S. The van der Waals surface area contributed by atoms with Crippen LogP contribution in [0.5, 0.6) is 0 Å². The number of nitrogens with zero attached hydrogens (tertiary/aromatic N) is 1. The first-order valence-electron chi connectivity index (χ1n) is 8.18. The lowest BCUT2D eigenvalue weighted by Gasteiger charge is -2.36. The van der Waals surface area contributed by atoms with Gasteiger partial charge < -0.3 is 15.3 Å². The molecule has 1 aromatic carbocycles. The average molecular weight is 338 g/mol. The van der Waals surface area contributed by atoms with E-state index in [1.165, 1.54) is 6.07 Å². The highest BCUT2D eigenvalue weighted by atomic mass is 32.2. The van der Waals surface area contributed by atoms with Gasteiger partial charge in [-0.15, -0.1) is 0 Å². The summed E-state index contributed by atoms with van der Waals surface area (Å²) in [5, 5.41) is 13.5. The Kier molecular flexibility index (Phi) is 5.11. The fraction of sp³-hybridized carbons (Fsp3) is 0.588. The van der Waals surface area contributed by atoms with Crippen LogP contribution >= 0.6 is 11.8 Å². The van der Waals surface area contributed by atoms with Crippen LogP contribution < -0.4 is 10.2 Å². The quantitative estimate of drug-likeness (QED) is 0.887. The van der Waals surface area contributed by atoms with E-state index >= 15 is 0 Å². The van der Waals surface area contributed by atoms with Crippen LogP contribution in [-0.2, 0) is 4.79 Å². The number of rotatable bonds is 3. The number of hydrogen-bond donors (Lipinski definition) is 2. The van der Waals surface area contributed by atoms with Gasteiger partial charge in [-0.3, -0.25) is 4.79 Å². The van der Waals surface area contributed by atoms with E-state index in [1.807, 2.05) is 6.07 Å². The lowest BCUT2D eigenvalue weighted by molar-refractivity contribution is -0.141. The normalized spacial score (nSPS) is 21.9. The molecule has 2 fully saturated rings. The minimum atomic E-state index is -1.19. The van der Waals surface area contributed by atoms with Crippen LogP contribution in [-0.4, -0.2) is 47.3 Å². The smallest absolute Gasteiger partial charge is 0.252 e. The summed E-state index contributed by atoms with van der Waals surface area (Å²) in [7, 11) is 0. The van der Waals surface area contributed by atoms with Crippen molar-refractivity contribution in [1.29, 1.82) is 0 Å². The molecule has 2 heterocycles. The van der Waals surface area contributed by atoms with Crippen molar-refractivity contribution in [3.8, 4) is 0 Å². The van der Waals surface area contributed by atoms with Gasteiger partial charge in [0, 0.05) is 24.8 Å². The van der Waals surface area contributed by atoms with Crippen molar-refractivity contribution in [3.63, 3.8) is 0 Å². The first kappa shape index (κ1) is 16.6. The van der Waals surface area contributed by atoms with Crippen LogP contribution in [0.4, 0.5) is 10.1 Å². The number of nitrogens with one attached hydrogen (secondary N) is 1. The van der Waals surface area contributed by atoms with Crippen molar-refractivity contribution in [2.24, 2.45) is 0 Å². The number of hydrogen-bond acceptors (Lipinski definition) is 4. The predicted octanol–water partition coefficient (Wildman–Crippen LogP) is 2.17. The van der Waals surface area contributed by atoms with Crippen molar-refractivity contribution in [2.45, 2.75) is 37.3 Å². The molecule has 2 aliphatic rings. The molecule has 0 aliphatic carbocycles. The Labute approximate surface area is 140 Å². The molecule has 0 unspecified atom stereocenters. The molecule has 23 heavy (non-hydrogen) atoms. The van der Waals surface area contributed by atoms with E-state index in [9.17, 15) is 14.3 Å². The number of anilines is 1. The zero-order valence-electron chi connectivity index (χ0n) is 13.1. The lowest BCUT2D eigenvalue weighted by Crippen LogP contribution is -2.54. The summed E-state index contributed by atoms with van der Waals surface area (Å²) < 4.78 is 13.3. The monoisotopic (exact) mass is 338 g/mol. The molecule has 0 atom stereocenters. The summed E-state index contributed by atoms with van der Waals surface area (Å²) in [6, 6.07) is 6.70. The van der Waals surface area contributed by atoms with Gasteiger partial charge >= 0.3 is 0 Å². The van der Waals surface area contributed by atoms with E-state index in [4.69, 9.17) is 0 Å². The van der Waals surface area contributed by atoms with Gasteiger partial charge in [0.25, 0.3) is 5.91 Å². The molecule has 0 aromatic heterocycles. The number of halogens is 1. The summed E-state index contributed by atoms with van der Waals surface area (Å²) in [4.78, 5) is 14.5. The molecule has 2 aliphatic heterocycles. The Morgan fingerprint density at radius 3 is 2.65 bits per heavy atom. The number of amides is 1. The highest BCUT2D eigenvalue weighted by Gasteiger charge is 2.38. The maximum atomic E-state index is 13.3. The third-order valence-corrected chi connectivity index (χ3v) is 5.73. The molecule has 6 heteroatoms. The standard InChI is InChI=1S/C17H23FN2O2S/c18-13-2-1-3-15(12-13)20-8-4-14(5-9-20)19-16(21)17(22)6-10-23-11-7-17/h1-3,12,14,22H,4-11H2,(H,19,21). The summed E-state index contributed by atoms with van der Waals surface area (Å²) in [6.07, 6.45) is 2.69. The van der Waals surface area contributed by atoms with E-state index in [0.29, 0.717) is 12.8 Å². The largest absolute Gasteiger partial charge is 0.380 e. The van der Waals surface area contributed by atoms with Gasteiger partial charge in [-0.2, -0.15) is 11.8 Å². The van der Waals surface area contributed by atoms with Crippen molar-refractivity contribution < 1.29 is 14.3 Å². The third-order valence-electron chi connectivity index (χ3n) is 4.75. The van der Waals surface area contributed by atoms with E-state index in [0.717, 1.165) is 43.1 Å². The molecule has 3 rings (SSSR count). The van der Waals surface area contributed by atoms with Gasteiger partial charge in [0.15, 0.2) is 0 Å². The Morgan fingerprint density at radius 2 is 2.00 bits per heavy atom. The molecule has 1 aromatic rings. The molecule has 0 spiro atoms. The molecule has 2 saturated heterocycles. The lowest BCUT2D eigenvalue weighted by atomic mass is 9.94. The van der Waals surface area contributed by atoms with Crippen molar-refractivity contribution in [2.75, 3.05) is 29.5 Å². The first-order valence-corrected chi connectivity index (χ1v) is 9.34. The summed E-state index contributed by atoms with van der Waals surface area (Å²) >= 11 is 1.78. The van der Waals surface area contributed by atoms with Gasteiger partial charge in [0.1, 0.15) is 11.4 Å². The number of carbonyl (C=O) groups excluding carboxylic acids is 1. The van der Waals surface area contributed by atoms with Gasteiger partial charge in [-0.1, -0.05) is 6.07 Å². The van der Waals surface area contributed by atoms with Gasteiger partial charge in [-0.05, 0) is 55.4 Å². The second kappa shape index (κ2) is 7.09. The zero-order chi connectivity index (χ0) is 16.3. The molecule has 126 valence electrons. The van der Waals surface area contributed by atoms with Gasteiger partial charge in [-0.25, -0.2) is 4.39 Å². The molecule has 0 radical (unpaired) electrons. The second-order valence-corrected chi connectivity index (χ2v) is 7.58. The van der Waals surface area contributed by atoms with Crippen molar-refractivity contribution in [1.82, 2.24) is 5.32 Å². The first-order chi connectivity index (χ1) is 11.1. The molecule has 0 saturated carbocycles. The van der Waals surface area contributed by atoms with Gasteiger partial charge in [0.2, 0.25) is 0 Å². The van der Waals surface area contributed by atoms with Crippen LogP contribution in [0.15, 0.2) is 24.3 Å². The second-order valence-electron chi connectivity index (χ2n) is 6.36. The minimum Gasteiger partial charge on any atom is -0.380 e. The summed E-state index contributed by atoms with van der Waals surface area (Å²) in [5.41, 5.74) is -0.303. The van der Waals surface area contributed by atoms with E-state index in [2.05, 4.69) is 10.2 Å². The van der Waals surface area contributed by atoms with E-state index in [1.54, 1.807) is 23.9 Å². The fourth-order valence-electron chi connectivity index (χ4n) is 3.21. The Hall–Kier alpha value is -1.27. The topological polar surface area (TPSA) is 52.6 Å². The highest BCUT2D eigenvalue weighted by Crippen LogP contribution is 2.28. The molecule has 0 bridgehead atoms. The Bertz CT molecular complexity index is 555. The number of aliphatic hydroxyl groups is 1. The number of carbonyl (C=O) groups is 1. The Morgan fingerprint density at radius 1 is 1.30 bits per heavy atom. The van der Waals surface area contributed by atoms with Crippen LogP contribution in [0.2, 0.25) is 0 Å². The average Bonchev–Trinajstić information content (AvgIpc) is 2.56. The molecule has 2 N–H and O–H groups in total. The van der Waals surface area contributed by atoms with Crippen LogP contribution in [0.25, 0.3) is 0 Å². The number of piperidine rings is 1. The van der Waals surface area contributed by atoms with Crippen molar-refractivity contribution >= 4 is 23.4 Å². The minimum absolute atomic E-state index is 0.0888. The Balaban J connectivity index is 1.52. The van der Waals surface area contributed by atoms with Gasteiger partial charge in [0.05, 0.1) is 0 Å². The SMILES string of the molecule is O=C(NC1CCN(c2cccc(F)c2)CC1)C1(O)CCSCC1. The summed E-state index contributed by atoms with van der Waals surface area (Å²) in [5.74, 6) is 1.22. The third kappa shape index (κ3) is 3.98. The van der Waals surface area contributed by atoms with Crippen LogP contribution in [0.1, 0.15) is 25.7 Å². The molecular weight excluding hydrogens is 315 g/mol. The molecule has 1 amide bonds. The zero-order valence-corrected chi connectivity index (χ0v) is 13.9. The van der Waals surface area contributed by atoms with E-state index < -0.39 is 5.60 Å². The maximum Gasteiger partial charge on any atom is 0.252 e. The van der Waals surface area contributed by atoms with Crippen molar-refractivity contribution in [3.05, 3.63) is 30.1 Å². The van der Waals surface area contributed by atoms with Crippen LogP contribution in [0.3, 0.4) is 0 Å². The van der Waals surface area contributed by atoms with E-state index in [-0.39, 0.29) is 17.8 Å². The molecule has 4 nitrogen and oxygen atoms in total. The summed E-state index contributed by atoms with van der Waals surface area (Å²) in [6.45, 7) is 1.56. The highest BCUT2D eigenvalue weighted by molar-refractivity contribution is 7.99. The van der Waals surface area contributed by atoms with Crippen LogP contribution in [0, 0.1) is 5.82 Å². The number of benzene rings is 1.